The number of aryl methyl sites for hydroxylation is 1. The minimum absolute atomic E-state index is 0. The second-order valence-electron chi connectivity index (χ2n) is 5.61. The zero-order valence-electron chi connectivity index (χ0n) is 14.0. The zero-order valence-corrected chi connectivity index (χ0v) is 16.5. The molecular formula is C17H25Cl2N3OS. The Morgan fingerprint density at radius 2 is 2.12 bits per heavy atom. The van der Waals surface area contributed by atoms with Gasteiger partial charge in [0, 0.05) is 36.6 Å². The first kappa shape index (κ1) is 21.2. The molecule has 0 saturated carbocycles. The molecule has 24 heavy (non-hydrogen) atoms. The minimum Gasteiger partial charge on any atom is -0.496 e. The van der Waals surface area contributed by atoms with Crippen LogP contribution >= 0.6 is 36.2 Å². The highest BCUT2D eigenvalue weighted by molar-refractivity contribution is 7.09. The summed E-state index contributed by atoms with van der Waals surface area (Å²) in [5, 5.41) is 3.51. The quantitative estimate of drug-likeness (QED) is 0.848. The number of methoxy groups -OCH3 is 1. The van der Waals surface area contributed by atoms with Crippen molar-refractivity contribution >= 4 is 36.2 Å². The summed E-state index contributed by atoms with van der Waals surface area (Å²) in [4.78, 5) is 8.32. The lowest BCUT2D eigenvalue weighted by Gasteiger charge is -2.37. The molecule has 2 heterocycles. The Kier molecular flexibility index (Phi) is 9.02. The molecule has 4 nitrogen and oxygen atoms in total. The van der Waals surface area contributed by atoms with Gasteiger partial charge in [0.2, 0.25) is 0 Å². The Hall–Kier alpha value is -0.850. The summed E-state index contributed by atoms with van der Waals surface area (Å²) in [5.41, 5.74) is 4.40. The van der Waals surface area contributed by atoms with Gasteiger partial charge >= 0.3 is 0 Å². The van der Waals surface area contributed by atoms with Crippen LogP contribution in [0.1, 0.15) is 22.2 Å². The summed E-state index contributed by atoms with van der Waals surface area (Å²) in [6, 6.07) is 8.73. The fourth-order valence-electron chi connectivity index (χ4n) is 3.07. The van der Waals surface area contributed by atoms with E-state index in [1.807, 2.05) is 11.6 Å². The van der Waals surface area contributed by atoms with E-state index in [0.717, 1.165) is 38.3 Å². The Morgan fingerprint density at radius 1 is 1.33 bits per heavy atom. The number of hydrogen-bond acceptors (Lipinski definition) is 5. The van der Waals surface area contributed by atoms with E-state index in [2.05, 4.69) is 40.3 Å². The summed E-state index contributed by atoms with van der Waals surface area (Å²) in [6.07, 6.45) is 1.07. The van der Waals surface area contributed by atoms with E-state index in [4.69, 9.17) is 4.74 Å². The van der Waals surface area contributed by atoms with Crippen LogP contribution in [0.15, 0.2) is 29.8 Å². The Bertz CT molecular complexity index is 623. The fraction of sp³-hybridized carbons (Fsp3) is 0.471. The highest BCUT2D eigenvalue weighted by Gasteiger charge is 2.25. The number of hydrogen-bond donors (Lipinski definition) is 1. The average Bonchev–Trinajstić information content (AvgIpc) is 2.98. The van der Waals surface area contributed by atoms with Crippen molar-refractivity contribution in [3.8, 4) is 5.75 Å². The normalized spacial score (nSPS) is 17.7. The predicted octanol–water partition coefficient (Wildman–Crippen LogP) is 3.49. The van der Waals surface area contributed by atoms with E-state index in [0.29, 0.717) is 6.04 Å². The van der Waals surface area contributed by atoms with Gasteiger partial charge in [0.05, 0.1) is 24.4 Å². The second-order valence-corrected chi connectivity index (χ2v) is 6.55. The molecular weight excluding hydrogens is 365 g/mol. The standard InChI is InChI=1S/C17H23N3OS.2ClH/c1-13-17(22-12-19-13)7-9-20-10-8-18-11-15(20)14-5-3-4-6-16(14)21-2;;/h3-6,12,15,18H,7-11H2,1-2H3;2*1H. The number of piperazine rings is 1. The molecule has 1 N–H and O–H groups in total. The van der Waals surface area contributed by atoms with Crippen molar-refractivity contribution in [1.29, 1.82) is 0 Å². The van der Waals surface area contributed by atoms with E-state index in [9.17, 15) is 0 Å². The largest absolute Gasteiger partial charge is 0.496 e. The smallest absolute Gasteiger partial charge is 0.123 e. The minimum atomic E-state index is 0. The molecule has 1 aliphatic rings. The van der Waals surface area contributed by atoms with Crippen LogP contribution in [0.5, 0.6) is 5.75 Å². The molecule has 0 spiro atoms. The number of benzene rings is 1. The van der Waals surface area contributed by atoms with Crippen LogP contribution in [0.2, 0.25) is 0 Å². The number of rotatable bonds is 5. The fourth-order valence-corrected chi connectivity index (χ4v) is 3.84. The highest BCUT2D eigenvalue weighted by Crippen LogP contribution is 2.30. The van der Waals surface area contributed by atoms with Crippen LogP contribution in [0.3, 0.4) is 0 Å². The first-order valence-electron chi connectivity index (χ1n) is 7.76. The van der Waals surface area contributed by atoms with Gasteiger partial charge in [0.25, 0.3) is 0 Å². The van der Waals surface area contributed by atoms with Crippen molar-refractivity contribution < 1.29 is 4.74 Å². The van der Waals surface area contributed by atoms with Gasteiger partial charge in [-0.25, -0.2) is 4.98 Å². The van der Waals surface area contributed by atoms with Crippen molar-refractivity contribution in [2.75, 3.05) is 33.3 Å². The van der Waals surface area contributed by atoms with Gasteiger partial charge in [-0.3, -0.25) is 4.90 Å². The third-order valence-corrected chi connectivity index (χ3v) is 5.32. The van der Waals surface area contributed by atoms with Crippen molar-refractivity contribution in [3.63, 3.8) is 0 Å². The summed E-state index contributed by atoms with van der Waals surface area (Å²) >= 11 is 1.76. The lowest BCUT2D eigenvalue weighted by Crippen LogP contribution is -2.46. The topological polar surface area (TPSA) is 37.4 Å². The van der Waals surface area contributed by atoms with Gasteiger partial charge in [-0.2, -0.15) is 0 Å². The van der Waals surface area contributed by atoms with Crippen LogP contribution < -0.4 is 10.1 Å². The van der Waals surface area contributed by atoms with Crippen molar-refractivity contribution in [2.24, 2.45) is 0 Å². The van der Waals surface area contributed by atoms with Crippen LogP contribution in [-0.4, -0.2) is 43.2 Å². The number of thiazole rings is 1. The Balaban J connectivity index is 0.00000144. The molecule has 3 rings (SSSR count). The molecule has 0 radical (unpaired) electrons. The third-order valence-electron chi connectivity index (χ3n) is 4.32. The summed E-state index contributed by atoms with van der Waals surface area (Å²) in [7, 11) is 1.75. The van der Waals surface area contributed by atoms with E-state index in [1.54, 1.807) is 18.4 Å². The first-order valence-corrected chi connectivity index (χ1v) is 8.64. The monoisotopic (exact) mass is 389 g/mol. The molecule has 1 aromatic heterocycles. The molecule has 0 aliphatic carbocycles. The van der Waals surface area contributed by atoms with E-state index in [1.165, 1.54) is 16.1 Å². The van der Waals surface area contributed by atoms with E-state index < -0.39 is 0 Å². The number of halogens is 2. The molecule has 1 aliphatic heterocycles. The average molecular weight is 390 g/mol. The molecule has 1 unspecified atom stereocenters. The maximum absolute atomic E-state index is 5.55. The Labute approximate surface area is 160 Å². The molecule has 1 atom stereocenters. The summed E-state index contributed by atoms with van der Waals surface area (Å²) < 4.78 is 5.55. The molecule has 0 amide bonds. The molecule has 2 aromatic rings. The predicted molar refractivity (Wildman–Crippen MR) is 105 cm³/mol. The van der Waals surface area contributed by atoms with Crippen molar-refractivity contribution in [3.05, 3.63) is 45.9 Å². The zero-order chi connectivity index (χ0) is 15.4. The van der Waals surface area contributed by atoms with Gasteiger partial charge in [0.1, 0.15) is 5.75 Å². The number of ether oxygens (including phenoxy) is 1. The molecule has 7 heteroatoms. The molecule has 1 fully saturated rings. The lowest BCUT2D eigenvalue weighted by atomic mass is 10.0. The van der Waals surface area contributed by atoms with E-state index >= 15 is 0 Å². The van der Waals surface area contributed by atoms with Crippen LogP contribution in [0, 0.1) is 6.92 Å². The van der Waals surface area contributed by atoms with E-state index in [-0.39, 0.29) is 24.8 Å². The molecule has 0 bridgehead atoms. The van der Waals surface area contributed by atoms with Crippen LogP contribution in [0.25, 0.3) is 0 Å². The van der Waals surface area contributed by atoms with Gasteiger partial charge in [-0.05, 0) is 19.4 Å². The molecule has 1 saturated heterocycles. The third kappa shape index (κ3) is 4.83. The van der Waals surface area contributed by atoms with Crippen LogP contribution in [-0.2, 0) is 6.42 Å². The molecule has 134 valence electrons. The van der Waals surface area contributed by atoms with Crippen LogP contribution in [0.4, 0.5) is 0 Å². The Morgan fingerprint density at radius 3 is 2.83 bits per heavy atom. The van der Waals surface area contributed by atoms with Gasteiger partial charge in [-0.15, -0.1) is 36.2 Å². The lowest BCUT2D eigenvalue weighted by molar-refractivity contribution is 0.161. The van der Waals surface area contributed by atoms with Crippen molar-refractivity contribution in [1.82, 2.24) is 15.2 Å². The maximum atomic E-state index is 5.55. The number of aromatic nitrogens is 1. The SMILES string of the molecule is COc1ccccc1C1CNCCN1CCc1scnc1C.Cl.Cl. The second kappa shape index (κ2) is 10.2. The highest BCUT2D eigenvalue weighted by atomic mass is 35.5. The summed E-state index contributed by atoms with van der Waals surface area (Å²) in [5.74, 6) is 0.982. The maximum Gasteiger partial charge on any atom is 0.123 e. The number of para-hydroxylation sites is 1. The summed E-state index contributed by atoms with van der Waals surface area (Å²) in [6.45, 7) is 6.25. The molecule has 1 aromatic carbocycles. The van der Waals surface area contributed by atoms with Gasteiger partial charge in [0.15, 0.2) is 0 Å². The van der Waals surface area contributed by atoms with Gasteiger partial charge < -0.3 is 10.1 Å². The first-order chi connectivity index (χ1) is 10.8. The number of nitrogens with zero attached hydrogens (tertiary/aromatic N) is 2. The number of nitrogens with one attached hydrogen (secondary N) is 1. The van der Waals surface area contributed by atoms with Crippen molar-refractivity contribution in [2.45, 2.75) is 19.4 Å². The van der Waals surface area contributed by atoms with Gasteiger partial charge in [-0.1, -0.05) is 18.2 Å².